The Morgan fingerprint density at radius 1 is 1.25 bits per heavy atom. The maximum Gasteiger partial charge on any atom is 0.242 e. The Kier molecular flexibility index (Phi) is 5.04. The molecule has 0 aromatic heterocycles. The van der Waals surface area contributed by atoms with Gasteiger partial charge in [0.15, 0.2) is 0 Å². The number of carbonyl (C=O) groups excluding carboxylic acids is 1. The van der Waals surface area contributed by atoms with Crippen LogP contribution >= 0.6 is 11.6 Å². The molecule has 1 aliphatic heterocycles. The summed E-state index contributed by atoms with van der Waals surface area (Å²) >= 11 is 6.23. The highest BCUT2D eigenvalue weighted by atomic mass is 35.5. The molecule has 126 valence electrons. The zero-order chi connectivity index (χ0) is 17.1. The van der Waals surface area contributed by atoms with Gasteiger partial charge in [-0.25, -0.2) is 10.9 Å². The number of nitrogens with one attached hydrogen (secondary N) is 3. The molecule has 0 spiro atoms. The number of anilines is 1. The number of hydrazine groups is 1. The van der Waals surface area contributed by atoms with Gasteiger partial charge in [0.25, 0.3) is 0 Å². The molecule has 2 aromatic rings. The summed E-state index contributed by atoms with van der Waals surface area (Å²) in [5.74, 6) is 0.621. The number of rotatable bonds is 4. The molecule has 1 aliphatic rings. The SMILES string of the molecule is COc1ccc(C)c(NC(=O)C2CC(c3ccccc3Cl)NN2)c1. The summed E-state index contributed by atoms with van der Waals surface area (Å²) in [5, 5.41) is 3.65. The van der Waals surface area contributed by atoms with Gasteiger partial charge in [0.2, 0.25) is 5.91 Å². The van der Waals surface area contributed by atoms with Crippen molar-refractivity contribution in [2.24, 2.45) is 0 Å². The number of hydrogen-bond acceptors (Lipinski definition) is 4. The standard InChI is InChI=1S/C18H20ClN3O2/c1-11-7-8-12(24-2)9-15(11)20-18(23)17-10-16(21-22-17)13-5-3-4-6-14(13)19/h3-9,16-17,21-22H,10H2,1-2H3,(H,20,23). The molecule has 0 aliphatic carbocycles. The first-order valence-corrected chi connectivity index (χ1v) is 8.17. The van der Waals surface area contributed by atoms with Gasteiger partial charge < -0.3 is 10.1 Å². The number of halogens is 1. The number of aryl methyl sites for hydroxylation is 1. The summed E-state index contributed by atoms with van der Waals surface area (Å²) < 4.78 is 5.21. The van der Waals surface area contributed by atoms with Crippen LogP contribution in [0.15, 0.2) is 42.5 Å². The lowest BCUT2D eigenvalue weighted by Crippen LogP contribution is -2.39. The Hall–Kier alpha value is -2.08. The number of hydrogen-bond donors (Lipinski definition) is 3. The molecule has 6 heteroatoms. The first-order chi connectivity index (χ1) is 11.6. The van der Waals surface area contributed by atoms with Gasteiger partial charge in [-0.05, 0) is 36.6 Å². The zero-order valence-electron chi connectivity index (χ0n) is 13.6. The summed E-state index contributed by atoms with van der Waals surface area (Å²) in [4.78, 5) is 12.5. The van der Waals surface area contributed by atoms with Crippen LogP contribution in [-0.2, 0) is 4.79 Å². The minimum absolute atomic E-state index is 0.000793. The predicted molar refractivity (Wildman–Crippen MR) is 95.2 cm³/mol. The van der Waals surface area contributed by atoms with E-state index in [1.807, 2.05) is 49.4 Å². The minimum Gasteiger partial charge on any atom is -0.497 e. The highest BCUT2D eigenvalue weighted by Gasteiger charge is 2.31. The third kappa shape index (κ3) is 3.53. The lowest BCUT2D eigenvalue weighted by atomic mass is 10.0. The van der Waals surface area contributed by atoms with Crippen molar-refractivity contribution in [3.8, 4) is 5.75 Å². The second-order valence-corrected chi connectivity index (χ2v) is 6.23. The number of amides is 1. The highest BCUT2D eigenvalue weighted by Crippen LogP contribution is 2.29. The average molecular weight is 346 g/mol. The maximum atomic E-state index is 12.5. The minimum atomic E-state index is -0.336. The molecule has 1 saturated heterocycles. The van der Waals surface area contributed by atoms with Gasteiger partial charge in [-0.3, -0.25) is 4.79 Å². The van der Waals surface area contributed by atoms with Crippen LogP contribution in [0.5, 0.6) is 5.75 Å². The fourth-order valence-corrected chi connectivity index (χ4v) is 3.04. The van der Waals surface area contributed by atoms with Gasteiger partial charge >= 0.3 is 0 Å². The maximum absolute atomic E-state index is 12.5. The van der Waals surface area contributed by atoms with Gasteiger partial charge in [-0.2, -0.15) is 0 Å². The topological polar surface area (TPSA) is 62.4 Å². The lowest BCUT2D eigenvalue weighted by molar-refractivity contribution is -0.117. The van der Waals surface area contributed by atoms with E-state index in [1.165, 1.54) is 0 Å². The van der Waals surface area contributed by atoms with Gasteiger partial charge in [-0.15, -0.1) is 0 Å². The van der Waals surface area contributed by atoms with E-state index in [9.17, 15) is 4.79 Å². The van der Waals surface area contributed by atoms with E-state index < -0.39 is 0 Å². The van der Waals surface area contributed by atoms with Gasteiger partial charge in [0.05, 0.1) is 7.11 Å². The molecular formula is C18H20ClN3O2. The summed E-state index contributed by atoms with van der Waals surface area (Å²) in [6.45, 7) is 1.95. The largest absolute Gasteiger partial charge is 0.497 e. The Morgan fingerprint density at radius 3 is 2.79 bits per heavy atom. The molecule has 2 atom stereocenters. The lowest BCUT2D eigenvalue weighted by Gasteiger charge is -2.14. The molecule has 5 nitrogen and oxygen atoms in total. The molecule has 0 bridgehead atoms. The molecular weight excluding hydrogens is 326 g/mol. The van der Waals surface area contributed by atoms with Crippen molar-refractivity contribution in [3.63, 3.8) is 0 Å². The van der Waals surface area contributed by atoms with Crippen molar-refractivity contribution in [1.82, 2.24) is 10.9 Å². The second kappa shape index (κ2) is 7.21. The second-order valence-electron chi connectivity index (χ2n) is 5.82. The van der Waals surface area contributed by atoms with Gasteiger partial charge in [0.1, 0.15) is 11.8 Å². The molecule has 1 amide bonds. The molecule has 1 fully saturated rings. The van der Waals surface area contributed by atoms with Crippen LogP contribution < -0.4 is 20.9 Å². The van der Waals surface area contributed by atoms with Crippen LogP contribution in [0.4, 0.5) is 5.69 Å². The Labute approximate surface area is 146 Å². The Balaban J connectivity index is 1.68. The van der Waals surface area contributed by atoms with Gasteiger partial charge in [-0.1, -0.05) is 35.9 Å². The van der Waals surface area contributed by atoms with Gasteiger partial charge in [0, 0.05) is 22.8 Å². The summed E-state index contributed by atoms with van der Waals surface area (Å²) in [6.07, 6.45) is 0.624. The van der Waals surface area contributed by atoms with Crippen molar-refractivity contribution in [3.05, 3.63) is 58.6 Å². The molecule has 3 N–H and O–H groups in total. The monoisotopic (exact) mass is 345 g/mol. The number of carbonyl (C=O) groups is 1. The number of methoxy groups -OCH3 is 1. The Bertz CT molecular complexity index is 751. The molecule has 2 aromatic carbocycles. The summed E-state index contributed by atoms with van der Waals surface area (Å²) in [6, 6.07) is 12.9. The first kappa shape index (κ1) is 16.8. The van der Waals surface area contributed by atoms with E-state index in [0.717, 1.165) is 16.8 Å². The van der Waals surface area contributed by atoms with Crippen molar-refractivity contribution in [1.29, 1.82) is 0 Å². The normalized spacial score (nSPS) is 20.0. The van der Waals surface area contributed by atoms with Crippen LogP contribution in [0.25, 0.3) is 0 Å². The van der Waals surface area contributed by atoms with E-state index in [4.69, 9.17) is 16.3 Å². The van der Waals surface area contributed by atoms with Crippen LogP contribution in [0.3, 0.4) is 0 Å². The number of benzene rings is 2. The predicted octanol–water partition coefficient (Wildman–Crippen LogP) is 3.20. The smallest absolute Gasteiger partial charge is 0.242 e. The average Bonchev–Trinajstić information content (AvgIpc) is 3.07. The summed E-state index contributed by atoms with van der Waals surface area (Å²) in [7, 11) is 1.60. The van der Waals surface area contributed by atoms with Crippen LogP contribution in [-0.4, -0.2) is 19.1 Å². The van der Waals surface area contributed by atoms with E-state index in [1.54, 1.807) is 7.11 Å². The molecule has 3 rings (SSSR count). The first-order valence-electron chi connectivity index (χ1n) is 7.79. The highest BCUT2D eigenvalue weighted by molar-refractivity contribution is 6.31. The van der Waals surface area contributed by atoms with E-state index in [0.29, 0.717) is 17.2 Å². The van der Waals surface area contributed by atoms with Crippen molar-refractivity contribution in [2.45, 2.75) is 25.4 Å². The van der Waals surface area contributed by atoms with Crippen LogP contribution in [0, 0.1) is 6.92 Å². The van der Waals surface area contributed by atoms with E-state index in [-0.39, 0.29) is 18.0 Å². The zero-order valence-corrected chi connectivity index (χ0v) is 14.4. The van der Waals surface area contributed by atoms with Crippen molar-refractivity contribution >= 4 is 23.2 Å². The third-order valence-electron chi connectivity index (χ3n) is 4.20. The molecule has 2 unspecified atom stereocenters. The van der Waals surface area contributed by atoms with Crippen molar-refractivity contribution < 1.29 is 9.53 Å². The fraction of sp³-hybridized carbons (Fsp3) is 0.278. The molecule has 24 heavy (non-hydrogen) atoms. The van der Waals surface area contributed by atoms with Crippen LogP contribution in [0.1, 0.15) is 23.6 Å². The molecule has 0 saturated carbocycles. The third-order valence-corrected chi connectivity index (χ3v) is 4.55. The van der Waals surface area contributed by atoms with E-state index >= 15 is 0 Å². The Morgan fingerprint density at radius 2 is 2.04 bits per heavy atom. The quantitative estimate of drug-likeness (QED) is 0.796. The fourth-order valence-electron chi connectivity index (χ4n) is 2.77. The molecule has 1 heterocycles. The van der Waals surface area contributed by atoms with Crippen molar-refractivity contribution in [2.75, 3.05) is 12.4 Å². The molecule has 0 radical (unpaired) electrons. The van der Waals surface area contributed by atoms with E-state index in [2.05, 4.69) is 16.2 Å². The summed E-state index contributed by atoms with van der Waals surface area (Å²) in [5.41, 5.74) is 8.92. The number of ether oxygens (including phenoxy) is 1. The van der Waals surface area contributed by atoms with Crippen LogP contribution in [0.2, 0.25) is 5.02 Å².